The summed E-state index contributed by atoms with van der Waals surface area (Å²) in [7, 11) is 0. The Kier molecular flexibility index (Phi) is 7.00. The molecule has 0 aliphatic carbocycles. The monoisotopic (exact) mass is 429 g/mol. The number of thiazole rings is 1. The summed E-state index contributed by atoms with van der Waals surface area (Å²) in [5.41, 5.74) is 2.03. The third kappa shape index (κ3) is 6.13. The highest BCUT2D eigenvalue weighted by atomic mass is 32.1. The van der Waals surface area contributed by atoms with Crippen LogP contribution in [-0.2, 0) is 16.1 Å². The maximum absolute atomic E-state index is 12.2. The predicted octanol–water partition coefficient (Wildman–Crippen LogP) is 4.65. The molecular formula is C21H23N3O3S2. The van der Waals surface area contributed by atoms with Crippen molar-refractivity contribution in [2.75, 3.05) is 11.9 Å². The van der Waals surface area contributed by atoms with Crippen molar-refractivity contribution >= 4 is 39.6 Å². The van der Waals surface area contributed by atoms with E-state index in [-0.39, 0.29) is 18.4 Å². The van der Waals surface area contributed by atoms with Crippen LogP contribution < -0.4 is 15.4 Å². The van der Waals surface area contributed by atoms with Crippen LogP contribution in [0.2, 0.25) is 0 Å². The minimum Gasteiger partial charge on any atom is -0.484 e. The topological polar surface area (TPSA) is 80.3 Å². The molecule has 0 spiro atoms. The van der Waals surface area contributed by atoms with Gasteiger partial charge in [0.15, 0.2) is 11.7 Å². The number of carbonyl (C=O) groups is 2. The second kappa shape index (κ2) is 9.67. The first-order chi connectivity index (χ1) is 13.9. The van der Waals surface area contributed by atoms with Crippen molar-refractivity contribution in [2.24, 2.45) is 0 Å². The minimum absolute atomic E-state index is 0.0586. The Labute approximate surface area is 178 Å². The fourth-order valence-corrected chi connectivity index (χ4v) is 4.23. The predicted molar refractivity (Wildman–Crippen MR) is 118 cm³/mol. The molecule has 0 atom stereocenters. The van der Waals surface area contributed by atoms with E-state index in [0.717, 1.165) is 15.4 Å². The van der Waals surface area contributed by atoms with E-state index >= 15 is 0 Å². The molecule has 3 rings (SSSR count). The quantitative estimate of drug-likeness (QED) is 0.546. The Morgan fingerprint density at radius 1 is 1.14 bits per heavy atom. The van der Waals surface area contributed by atoms with Crippen LogP contribution in [0, 0.1) is 0 Å². The molecule has 29 heavy (non-hydrogen) atoms. The number of aromatic nitrogens is 1. The lowest BCUT2D eigenvalue weighted by atomic mass is 10.0. The van der Waals surface area contributed by atoms with Gasteiger partial charge in [-0.25, -0.2) is 4.98 Å². The summed E-state index contributed by atoms with van der Waals surface area (Å²) in [6.45, 7) is 6.19. The summed E-state index contributed by atoms with van der Waals surface area (Å²) >= 11 is 2.93. The standard InChI is InChI=1S/C21H23N3O3S2/c1-13(2)15-4-6-16(7-5-15)27-11-20(26)24-21-23-18(12-28-21)19-9-8-17(29-19)10-22-14(3)25/h4-9,12-13H,10-11H2,1-3H3,(H,22,25)(H,23,24,26). The van der Waals surface area contributed by atoms with E-state index in [4.69, 9.17) is 4.74 Å². The maximum Gasteiger partial charge on any atom is 0.264 e. The van der Waals surface area contributed by atoms with Gasteiger partial charge in [-0.05, 0) is 35.7 Å². The molecule has 2 N–H and O–H groups in total. The number of rotatable bonds is 8. The largest absolute Gasteiger partial charge is 0.484 e. The van der Waals surface area contributed by atoms with Crippen LogP contribution >= 0.6 is 22.7 Å². The van der Waals surface area contributed by atoms with Gasteiger partial charge in [0.2, 0.25) is 5.91 Å². The molecule has 8 heteroatoms. The number of hydrogen-bond donors (Lipinski definition) is 2. The minimum atomic E-state index is -0.253. The molecule has 2 amide bonds. The zero-order valence-electron chi connectivity index (χ0n) is 16.5. The summed E-state index contributed by atoms with van der Waals surface area (Å²) in [5, 5.41) is 7.97. The van der Waals surface area contributed by atoms with Gasteiger partial charge < -0.3 is 10.1 Å². The molecule has 0 aliphatic heterocycles. The van der Waals surface area contributed by atoms with Crippen molar-refractivity contribution in [1.29, 1.82) is 0 Å². The fourth-order valence-electron chi connectivity index (χ4n) is 2.52. The highest BCUT2D eigenvalue weighted by Gasteiger charge is 2.11. The molecule has 1 aromatic carbocycles. The van der Waals surface area contributed by atoms with Crippen LogP contribution in [0.5, 0.6) is 5.75 Å². The first-order valence-electron chi connectivity index (χ1n) is 9.22. The highest BCUT2D eigenvalue weighted by molar-refractivity contribution is 7.17. The van der Waals surface area contributed by atoms with Crippen molar-refractivity contribution in [3.63, 3.8) is 0 Å². The molecule has 0 saturated heterocycles. The number of ether oxygens (including phenoxy) is 1. The van der Waals surface area contributed by atoms with Gasteiger partial charge in [0.25, 0.3) is 5.91 Å². The Morgan fingerprint density at radius 3 is 2.59 bits per heavy atom. The van der Waals surface area contributed by atoms with Gasteiger partial charge >= 0.3 is 0 Å². The van der Waals surface area contributed by atoms with Gasteiger partial charge in [-0.1, -0.05) is 26.0 Å². The molecule has 2 heterocycles. The summed E-state index contributed by atoms with van der Waals surface area (Å²) in [6.07, 6.45) is 0. The van der Waals surface area contributed by atoms with E-state index < -0.39 is 0 Å². The van der Waals surface area contributed by atoms with Crippen molar-refractivity contribution in [3.8, 4) is 16.3 Å². The van der Waals surface area contributed by atoms with E-state index in [9.17, 15) is 9.59 Å². The highest BCUT2D eigenvalue weighted by Crippen LogP contribution is 2.30. The van der Waals surface area contributed by atoms with E-state index in [2.05, 4.69) is 29.5 Å². The van der Waals surface area contributed by atoms with Crippen LogP contribution in [0.3, 0.4) is 0 Å². The molecule has 2 aromatic heterocycles. The van der Waals surface area contributed by atoms with Crippen molar-refractivity contribution in [2.45, 2.75) is 33.2 Å². The molecule has 3 aromatic rings. The first kappa shape index (κ1) is 21.0. The third-order valence-electron chi connectivity index (χ3n) is 4.09. The van der Waals surface area contributed by atoms with Gasteiger partial charge in [-0.3, -0.25) is 14.9 Å². The SMILES string of the molecule is CC(=O)NCc1ccc(-c2csc(NC(=O)COc3ccc(C(C)C)cc3)n2)s1. The number of carbonyl (C=O) groups excluding carboxylic acids is 2. The van der Waals surface area contributed by atoms with Crippen molar-refractivity contribution in [3.05, 3.63) is 52.2 Å². The van der Waals surface area contributed by atoms with Gasteiger partial charge in [-0.15, -0.1) is 22.7 Å². The van der Waals surface area contributed by atoms with E-state index in [1.54, 1.807) is 11.3 Å². The number of hydrogen-bond acceptors (Lipinski definition) is 6. The average molecular weight is 430 g/mol. The van der Waals surface area contributed by atoms with E-state index in [0.29, 0.717) is 23.3 Å². The molecule has 6 nitrogen and oxygen atoms in total. The zero-order chi connectivity index (χ0) is 20.8. The van der Waals surface area contributed by atoms with Crippen LogP contribution in [0.15, 0.2) is 41.8 Å². The van der Waals surface area contributed by atoms with Gasteiger partial charge in [0.1, 0.15) is 5.75 Å². The average Bonchev–Trinajstić information content (AvgIpc) is 3.34. The second-order valence-electron chi connectivity index (χ2n) is 6.77. The van der Waals surface area contributed by atoms with Crippen molar-refractivity contribution < 1.29 is 14.3 Å². The third-order valence-corrected chi connectivity index (χ3v) is 5.96. The normalized spacial score (nSPS) is 10.8. The zero-order valence-corrected chi connectivity index (χ0v) is 18.2. The lowest BCUT2D eigenvalue weighted by Crippen LogP contribution is -2.20. The molecule has 0 radical (unpaired) electrons. The smallest absolute Gasteiger partial charge is 0.264 e. The van der Waals surface area contributed by atoms with Gasteiger partial charge in [0, 0.05) is 17.2 Å². The summed E-state index contributed by atoms with van der Waals surface area (Å²) in [6, 6.07) is 11.7. The summed E-state index contributed by atoms with van der Waals surface area (Å²) < 4.78 is 5.55. The lowest BCUT2D eigenvalue weighted by Gasteiger charge is -2.08. The first-order valence-corrected chi connectivity index (χ1v) is 10.9. The van der Waals surface area contributed by atoms with Gasteiger partial charge in [0.05, 0.1) is 17.1 Å². The van der Waals surface area contributed by atoms with E-state index in [1.807, 2.05) is 41.8 Å². The van der Waals surface area contributed by atoms with Crippen LogP contribution in [0.1, 0.15) is 37.1 Å². The summed E-state index contributed by atoms with van der Waals surface area (Å²) in [5.74, 6) is 0.805. The number of nitrogens with zero attached hydrogens (tertiary/aromatic N) is 1. The number of nitrogens with one attached hydrogen (secondary N) is 2. The van der Waals surface area contributed by atoms with E-state index in [1.165, 1.54) is 23.8 Å². The van der Waals surface area contributed by atoms with Gasteiger partial charge in [-0.2, -0.15) is 0 Å². The molecular weight excluding hydrogens is 406 g/mol. The molecule has 152 valence electrons. The number of anilines is 1. The van der Waals surface area contributed by atoms with Crippen molar-refractivity contribution in [1.82, 2.24) is 10.3 Å². The molecule has 0 aliphatic rings. The van der Waals surface area contributed by atoms with Crippen LogP contribution in [0.4, 0.5) is 5.13 Å². The lowest BCUT2D eigenvalue weighted by molar-refractivity contribution is -0.119. The number of thiophene rings is 1. The number of benzene rings is 1. The Bertz CT molecular complexity index is 977. The molecule has 0 fully saturated rings. The molecule has 0 bridgehead atoms. The fraction of sp³-hybridized carbons (Fsp3) is 0.286. The Hall–Kier alpha value is -2.71. The summed E-state index contributed by atoms with van der Waals surface area (Å²) in [4.78, 5) is 29.7. The molecule has 0 unspecified atom stereocenters. The Morgan fingerprint density at radius 2 is 1.90 bits per heavy atom. The molecule has 0 saturated carbocycles. The van der Waals surface area contributed by atoms with Crippen LogP contribution in [0.25, 0.3) is 10.6 Å². The maximum atomic E-state index is 12.2. The van der Waals surface area contributed by atoms with Crippen LogP contribution in [-0.4, -0.2) is 23.4 Å². The number of amides is 2. The second-order valence-corrected chi connectivity index (χ2v) is 8.80. The Balaban J connectivity index is 1.51.